The van der Waals surface area contributed by atoms with Crippen LogP contribution in [0, 0.1) is 5.92 Å². The average Bonchev–Trinajstić information content (AvgIpc) is 2.38. The van der Waals surface area contributed by atoms with Crippen LogP contribution in [0.15, 0.2) is 0 Å². The number of aliphatic hydroxyl groups is 1. The molecule has 0 bridgehead atoms. The Kier molecular flexibility index (Phi) is 7.44. The van der Waals surface area contributed by atoms with E-state index in [1.165, 1.54) is 0 Å². The highest BCUT2D eigenvalue weighted by Gasteiger charge is 2.22. The number of nitrogens with zero attached hydrogens (tertiary/aromatic N) is 1. The van der Waals surface area contributed by atoms with E-state index < -0.39 is 0 Å². The van der Waals surface area contributed by atoms with Gasteiger partial charge in [-0.2, -0.15) is 11.8 Å². The van der Waals surface area contributed by atoms with Gasteiger partial charge in [0.2, 0.25) is 0 Å². The van der Waals surface area contributed by atoms with Crippen LogP contribution < -0.4 is 5.32 Å². The summed E-state index contributed by atoms with van der Waals surface area (Å²) in [5.74, 6) is 1.43. The first-order valence-electron chi connectivity index (χ1n) is 6.40. The van der Waals surface area contributed by atoms with Crippen molar-refractivity contribution in [1.29, 1.82) is 0 Å². The van der Waals surface area contributed by atoms with Gasteiger partial charge in [0.05, 0.1) is 0 Å². The molecule has 1 saturated heterocycles. The highest BCUT2D eigenvalue weighted by Crippen LogP contribution is 2.15. The third-order valence-corrected chi connectivity index (χ3v) is 3.81. The molecule has 1 atom stereocenters. The van der Waals surface area contributed by atoms with Crippen LogP contribution in [0.2, 0.25) is 0 Å². The van der Waals surface area contributed by atoms with Crippen molar-refractivity contribution in [2.24, 2.45) is 5.92 Å². The molecular formula is C12H24N2O2S. The number of rotatable bonds is 6. The molecule has 1 aliphatic rings. The highest BCUT2D eigenvalue weighted by molar-refractivity contribution is 7.98. The predicted molar refractivity (Wildman–Crippen MR) is 72.4 cm³/mol. The van der Waals surface area contributed by atoms with Gasteiger partial charge >= 0.3 is 6.03 Å². The summed E-state index contributed by atoms with van der Waals surface area (Å²) in [6, 6.07) is 0.0345. The fraction of sp³-hybridized carbons (Fsp3) is 0.917. The molecule has 2 N–H and O–H groups in total. The number of amides is 2. The minimum Gasteiger partial charge on any atom is -0.396 e. The molecule has 2 amide bonds. The molecule has 0 aromatic heterocycles. The first-order valence-corrected chi connectivity index (χ1v) is 7.80. The largest absolute Gasteiger partial charge is 0.396 e. The number of piperidine rings is 1. The van der Waals surface area contributed by atoms with Gasteiger partial charge in [-0.3, -0.25) is 0 Å². The van der Waals surface area contributed by atoms with E-state index >= 15 is 0 Å². The van der Waals surface area contributed by atoms with Crippen LogP contribution in [-0.4, -0.2) is 54.3 Å². The molecule has 1 unspecified atom stereocenters. The summed E-state index contributed by atoms with van der Waals surface area (Å²) in [5.41, 5.74) is 0. The first kappa shape index (κ1) is 14.6. The van der Waals surface area contributed by atoms with Gasteiger partial charge in [0.1, 0.15) is 0 Å². The van der Waals surface area contributed by atoms with E-state index in [1.54, 1.807) is 0 Å². The van der Waals surface area contributed by atoms with Gasteiger partial charge in [0.25, 0.3) is 0 Å². The van der Waals surface area contributed by atoms with Crippen LogP contribution in [0.4, 0.5) is 4.79 Å². The second kappa shape index (κ2) is 8.64. The van der Waals surface area contributed by atoms with Gasteiger partial charge in [-0.05, 0) is 43.6 Å². The Morgan fingerprint density at radius 3 is 3.06 bits per heavy atom. The molecular weight excluding hydrogens is 236 g/mol. The zero-order chi connectivity index (χ0) is 12.5. The van der Waals surface area contributed by atoms with Gasteiger partial charge < -0.3 is 15.3 Å². The summed E-state index contributed by atoms with van der Waals surface area (Å²) >= 11 is 1.84. The van der Waals surface area contributed by atoms with Crippen LogP contribution in [0.3, 0.4) is 0 Å². The number of hydrogen-bond donors (Lipinski definition) is 2. The predicted octanol–water partition coefficient (Wildman–Crippen LogP) is 1.54. The molecule has 1 fully saturated rings. The Balaban J connectivity index is 2.14. The number of carbonyl (C=O) groups excluding carboxylic acids is 1. The van der Waals surface area contributed by atoms with E-state index in [1.807, 2.05) is 16.7 Å². The molecule has 0 aromatic carbocycles. The minimum atomic E-state index is 0.0345. The van der Waals surface area contributed by atoms with Crippen molar-refractivity contribution >= 4 is 17.8 Å². The zero-order valence-electron chi connectivity index (χ0n) is 10.7. The van der Waals surface area contributed by atoms with Gasteiger partial charge in [0.15, 0.2) is 0 Å². The smallest absolute Gasteiger partial charge is 0.317 e. The van der Waals surface area contributed by atoms with Crippen LogP contribution >= 0.6 is 11.8 Å². The lowest BCUT2D eigenvalue weighted by atomic mass is 9.99. The quantitative estimate of drug-likeness (QED) is 0.712. The van der Waals surface area contributed by atoms with E-state index in [2.05, 4.69) is 11.6 Å². The lowest BCUT2D eigenvalue weighted by molar-refractivity contribution is 0.129. The molecule has 0 aliphatic carbocycles. The third-order valence-electron chi connectivity index (χ3n) is 3.12. The SMILES string of the molecule is CSCCCCNC(=O)N1CCCC(CO)C1. The van der Waals surface area contributed by atoms with Crippen LogP contribution in [-0.2, 0) is 0 Å². The van der Waals surface area contributed by atoms with E-state index in [0.29, 0.717) is 6.54 Å². The van der Waals surface area contributed by atoms with E-state index in [0.717, 1.165) is 44.5 Å². The van der Waals surface area contributed by atoms with E-state index in [9.17, 15) is 4.79 Å². The third kappa shape index (κ3) is 5.64. The zero-order valence-corrected chi connectivity index (χ0v) is 11.5. The first-order chi connectivity index (χ1) is 8.27. The van der Waals surface area contributed by atoms with Crippen LogP contribution in [0.25, 0.3) is 0 Å². The maximum absolute atomic E-state index is 11.8. The van der Waals surface area contributed by atoms with Crippen molar-refractivity contribution < 1.29 is 9.90 Å². The number of unbranched alkanes of at least 4 members (excludes halogenated alkanes) is 1. The second-order valence-electron chi connectivity index (χ2n) is 4.57. The Morgan fingerprint density at radius 2 is 2.35 bits per heavy atom. The number of thioether (sulfide) groups is 1. The molecule has 100 valence electrons. The summed E-state index contributed by atoms with van der Waals surface area (Å²) in [7, 11) is 0. The van der Waals surface area contributed by atoms with Crippen molar-refractivity contribution in [3.05, 3.63) is 0 Å². The Hall–Kier alpha value is -0.420. The van der Waals surface area contributed by atoms with Crippen molar-refractivity contribution in [2.75, 3.05) is 38.2 Å². The lowest BCUT2D eigenvalue weighted by Crippen LogP contribution is -2.46. The van der Waals surface area contributed by atoms with Gasteiger partial charge in [-0.25, -0.2) is 4.79 Å². The normalized spacial score (nSPS) is 20.4. The van der Waals surface area contributed by atoms with Crippen molar-refractivity contribution in [3.8, 4) is 0 Å². The topological polar surface area (TPSA) is 52.6 Å². The molecule has 0 radical (unpaired) electrons. The van der Waals surface area contributed by atoms with Gasteiger partial charge in [0, 0.05) is 26.2 Å². The fourth-order valence-electron chi connectivity index (χ4n) is 2.08. The maximum atomic E-state index is 11.8. The summed E-state index contributed by atoms with van der Waals surface area (Å²) < 4.78 is 0. The molecule has 5 heteroatoms. The molecule has 17 heavy (non-hydrogen) atoms. The van der Waals surface area contributed by atoms with Crippen LogP contribution in [0.5, 0.6) is 0 Å². The molecule has 1 rings (SSSR count). The van der Waals surface area contributed by atoms with Crippen molar-refractivity contribution in [1.82, 2.24) is 10.2 Å². The maximum Gasteiger partial charge on any atom is 0.317 e. The molecule has 0 spiro atoms. The number of urea groups is 1. The fourth-order valence-corrected chi connectivity index (χ4v) is 2.57. The van der Waals surface area contributed by atoms with Crippen molar-refractivity contribution in [2.45, 2.75) is 25.7 Å². The monoisotopic (exact) mass is 260 g/mol. The van der Waals surface area contributed by atoms with Gasteiger partial charge in [-0.15, -0.1) is 0 Å². The standard InChI is InChI=1S/C12H24N2O2S/c1-17-8-3-2-6-13-12(16)14-7-4-5-11(9-14)10-15/h11,15H,2-10H2,1H3,(H,13,16). The number of hydrogen-bond acceptors (Lipinski definition) is 3. The summed E-state index contributed by atoms with van der Waals surface area (Å²) in [6.07, 6.45) is 6.34. The Bertz CT molecular complexity index is 227. The van der Waals surface area contributed by atoms with Crippen molar-refractivity contribution in [3.63, 3.8) is 0 Å². The van der Waals surface area contributed by atoms with Crippen LogP contribution in [0.1, 0.15) is 25.7 Å². The highest BCUT2D eigenvalue weighted by atomic mass is 32.2. The Labute approximate surface area is 108 Å². The molecule has 4 nitrogen and oxygen atoms in total. The summed E-state index contributed by atoms with van der Waals surface area (Å²) in [6.45, 7) is 2.48. The number of likely N-dealkylation sites (tertiary alicyclic amines) is 1. The number of nitrogens with one attached hydrogen (secondary N) is 1. The average molecular weight is 260 g/mol. The molecule has 0 saturated carbocycles. The molecule has 0 aromatic rings. The molecule has 1 heterocycles. The number of aliphatic hydroxyl groups excluding tert-OH is 1. The minimum absolute atomic E-state index is 0.0345. The second-order valence-corrected chi connectivity index (χ2v) is 5.55. The Morgan fingerprint density at radius 1 is 1.53 bits per heavy atom. The summed E-state index contributed by atoms with van der Waals surface area (Å²) in [5, 5.41) is 12.1. The summed E-state index contributed by atoms with van der Waals surface area (Å²) in [4.78, 5) is 13.7. The lowest BCUT2D eigenvalue weighted by Gasteiger charge is -2.31. The van der Waals surface area contributed by atoms with Gasteiger partial charge in [-0.1, -0.05) is 0 Å². The van der Waals surface area contributed by atoms with E-state index in [-0.39, 0.29) is 18.6 Å². The number of carbonyl (C=O) groups is 1. The molecule has 1 aliphatic heterocycles. The van der Waals surface area contributed by atoms with E-state index in [4.69, 9.17) is 5.11 Å².